The van der Waals surface area contributed by atoms with Crippen LogP contribution in [0.2, 0.25) is 5.02 Å². The van der Waals surface area contributed by atoms with Crippen molar-refractivity contribution >= 4 is 17.5 Å². The maximum absolute atomic E-state index is 11.8. The minimum atomic E-state index is 0.0209. The van der Waals surface area contributed by atoms with Gasteiger partial charge in [0.2, 0.25) is 5.91 Å². The lowest BCUT2D eigenvalue weighted by molar-refractivity contribution is -0.135. The monoisotopic (exact) mass is 364 g/mol. The normalized spacial score (nSPS) is 30.3. The first-order valence-electron chi connectivity index (χ1n) is 9.45. The number of nitrogens with two attached hydrogens (primary N) is 1. The Labute approximate surface area is 155 Å². The van der Waals surface area contributed by atoms with Crippen LogP contribution in [0.3, 0.4) is 0 Å². The number of likely N-dealkylation sites (tertiary alicyclic amines) is 1. The van der Waals surface area contributed by atoms with Crippen LogP contribution in [0.4, 0.5) is 0 Å². The molecule has 3 rings (SSSR count). The van der Waals surface area contributed by atoms with E-state index in [9.17, 15) is 4.79 Å². The quantitative estimate of drug-likeness (QED) is 0.885. The molecule has 0 bridgehead atoms. The highest BCUT2D eigenvalue weighted by Gasteiger charge is 2.32. The third-order valence-corrected chi connectivity index (χ3v) is 6.10. The van der Waals surface area contributed by atoms with Crippen molar-refractivity contribution in [2.24, 2.45) is 5.73 Å². The van der Waals surface area contributed by atoms with E-state index in [-0.39, 0.29) is 24.1 Å². The van der Waals surface area contributed by atoms with Crippen LogP contribution in [-0.2, 0) is 9.53 Å². The molecular weight excluding hydrogens is 336 g/mol. The van der Waals surface area contributed by atoms with E-state index in [1.165, 1.54) is 5.56 Å². The molecule has 138 valence electrons. The predicted molar refractivity (Wildman–Crippen MR) is 101 cm³/mol. The maximum atomic E-state index is 11.8. The van der Waals surface area contributed by atoms with Gasteiger partial charge in [-0.1, -0.05) is 29.8 Å². The molecule has 2 N–H and O–H groups in total. The lowest BCUT2D eigenvalue weighted by Gasteiger charge is -2.40. The number of hydrogen-bond donors (Lipinski definition) is 1. The zero-order chi connectivity index (χ0) is 17.8. The fraction of sp³-hybridized carbons (Fsp3) is 0.650. The Morgan fingerprint density at radius 3 is 2.64 bits per heavy atom. The molecule has 2 fully saturated rings. The molecule has 2 aliphatic rings. The number of rotatable bonds is 4. The largest absolute Gasteiger partial charge is 0.376 e. The highest BCUT2D eigenvalue weighted by Crippen LogP contribution is 2.37. The van der Waals surface area contributed by atoms with Gasteiger partial charge < -0.3 is 15.4 Å². The fourth-order valence-corrected chi connectivity index (χ4v) is 4.56. The van der Waals surface area contributed by atoms with Gasteiger partial charge in [-0.2, -0.15) is 0 Å². The van der Waals surface area contributed by atoms with Crippen molar-refractivity contribution in [1.82, 2.24) is 4.90 Å². The van der Waals surface area contributed by atoms with Gasteiger partial charge in [0.1, 0.15) is 0 Å². The highest BCUT2D eigenvalue weighted by molar-refractivity contribution is 6.31. The van der Waals surface area contributed by atoms with Gasteiger partial charge in [0.05, 0.1) is 18.8 Å². The molecule has 4 nitrogen and oxygen atoms in total. The summed E-state index contributed by atoms with van der Waals surface area (Å²) in [7, 11) is 0. The van der Waals surface area contributed by atoms with Gasteiger partial charge in [-0.3, -0.25) is 4.79 Å². The highest BCUT2D eigenvalue weighted by atomic mass is 35.5. The summed E-state index contributed by atoms with van der Waals surface area (Å²) >= 11 is 6.34. The third-order valence-electron chi connectivity index (χ3n) is 5.76. The number of hydrogen-bond acceptors (Lipinski definition) is 3. The first-order valence-corrected chi connectivity index (χ1v) is 9.83. The van der Waals surface area contributed by atoms with Crippen LogP contribution in [0.25, 0.3) is 0 Å². The van der Waals surface area contributed by atoms with E-state index < -0.39 is 0 Å². The molecule has 1 aliphatic heterocycles. The third kappa shape index (κ3) is 4.55. The van der Waals surface area contributed by atoms with E-state index in [1.54, 1.807) is 6.92 Å². The van der Waals surface area contributed by atoms with E-state index in [4.69, 9.17) is 22.1 Å². The van der Waals surface area contributed by atoms with Gasteiger partial charge in [-0.15, -0.1) is 0 Å². The van der Waals surface area contributed by atoms with Crippen LogP contribution in [0.1, 0.15) is 56.9 Å². The SMILES string of the molecule is CC(=O)N1CCC[C@H](N)[C@@H]1COC1CCC(c2ccccc2Cl)CC1. The van der Waals surface area contributed by atoms with E-state index in [2.05, 4.69) is 12.1 Å². The Morgan fingerprint density at radius 2 is 1.96 bits per heavy atom. The molecule has 1 aromatic rings. The van der Waals surface area contributed by atoms with Crippen LogP contribution in [0.15, 0.2) is 24.3 Å². The summed E-state index contributed by atoms with van der Waals surface area (Å²) in [6.07, 6.45) is 6.50. The Morgan fingerprint density at radius 1 is 1.24 bits per heavy atom. The molecule has 1 heterocycles. The van der Waals surface area contributed by atoms with Crippen molar-refractivity contribution in [3.8, 4) is 0 Å². The molecule has 0 aromatic heterocycles. The Hall–Kier alpha value is -1.10. The number of carbonyl (C=O) groups is 1. The number of carbonyl (C=O) groups excluding carboxylic acids is 1. The van der Waals surface area contributed by atoms with Crippen LogP contribution in [0.5, 0.6) is 0 Å². The van der Waals surface area contributed by atoms with Crippen molar-refractivity contribution < 1.29 is 9.53 Å². The first kappa shape index (κ1) is 18.7. The molecule has 2 atom stereocenters. The molecule has 1 aromatic carbocycles. The van der Waals surface area contributed by atoms with Gasteiger partial charge in [0, 0.05) is 24.5 Å². The summed E-state index contributed by atoms with van der Waals surface area (Å²) in [4.78, 5) is 13.7. The van der Waals surface area contributed by atoms with Crippen molar-refractivity contribution in [3.63, 3.8) is 0 Å². The van der Waals surface area contributed by atoms with Gasteiger partial charge in [-0.05, 0) is 56.1 Å². The number of piperidine rings is 1. The van der Waals surface area contributed by atoms with Crippen LogP contribution in [0, 0.1) is 0 Å². The number of nitrogens with zero attached hydrogens (tertiary/aromatic N) is 1. The van der Waals surface area contributed by atoms with E-state index in [0.29, 0.717) is 12.5 Å². The lowest BCUT2D eigenvalue weighted by atomic mass is 9.82. The van der Waals surface area contributed by atoms with Crippen LogP contribution >= 0.6 is 11.6 Å². The van der Waals surface area contributed by atoms with E-state index in [0.717, 1.165) is 50.1 Å². The molecular formula is C20H29ClN2O2. The van der Waals surface area contributed by atoms with Crippen molar-refractivity contribution in [2.75, 3.05) is 13.2 Å². The van der Waals surface area contributed by atoms with Gasteiger partial charge >= 0.3 is 0 Å². The minimum Gasteiger partial charge on any atom is -0.376 e. The Bertz CT molecular complexity index is 587. The number of ether oxygens (including phenoxy) is 1. The maximum Gasteiger partial charge on any atom is 0.219 e. The Kier molecular flexibility index (Phi) is 6.37. The number of halogens is 1. The fourth-order valence-electron chi connectivity index (χ4n) is 4.27. The summed E-state index contributed by atoms with van der Waals surface area (Å²) in [5.74, 6) is 0.630. The summed E-state index contributed by atoms with van der Waals surface area (Å²) in [5, 5.41) is 0.872. The topological polar surface area (TPSA) is 55.6 Å². The van der Waals surface area contributed by atoms with Crippen molar-refractivity contribution in [2.45, 2.75) is 69.6 Å². The van der Waals surface area contributed by atoms with Crippen molar-refractivity contribution in [3.05, 3.63) is 34.9 Å². The van der Waals surface area contributed by atoms with E-state index in [1.807, 2.05) is 17.0 Å². The predicted octanol–water partition coefficient (Wildman–Crippen LogP) is 3.72. The van der Waals surface area contributed by atoms with Gasteiger partial charge in [-0.25, -0.2) is 0 Å². The second-order valence-electron chi connectivity index (χ2n) is 7.41. The first-order chi connectivity index (χ1) is 12.1. The van der Waals surface area contributed by atoms with Gasteiger partial charge in [0.25, 0.3) is 0 Å². The number of benzene rings is 1. The number of amides is 1. The smallest absolute Gasteiger partial charge is 0.219 e. The van der Waals surface area contributed by atoms with Crippen LogP contribution in [-0.4, -0.2) is 42.1 Å². The lowest BCUT2D eigenvalue weighted by Crippen LogP contribution is -2.56. The molecule has 25 heavy (non-hydrogen) atoms. The summed E-state index contributed by atoms with van der Waals surface area (Å²) in [6.45, 7) is 2.98. The zero-order valence-corrected chi connectivity index (χ0v) is 15.8. The molecule has 0 radical (unpaired) electrons. The zero-order valence-electron chi connectivity index (χ0n) is 15.0. The molecule has 1 amide bonds. The van der Waals surface area contributed by atoms with Crippen LogP contribution < -0.4 is 5.73 Å². The minimum absolute atomic E-state index is 0.0209. The molecule has 1 aliphatic carbocycles. The summed E-state index contributed by atoms with van der Waals surface area (Å²) in [6, 6.07) is 8.20. The second-order valence-corrected chi connectivity index (χ2v) is 7.82. The molecule has 1 saturated carbocycles. The summed E-state index contributed by atoms with van der Waals surface area (Å²) < 4.78 is 6.18. The van der Waals surface area contributed by atoms with Gasteiger partial charge in [0.15, 0.2) is 0 Å². The standard InChI is InChI=1S/C20H29ClN2O2/c1-14(24)23-12-4-7-19(22)20(23)13-25-16-10-8-15(9-11-16)17-5-2-3-6-18(17)21/h2-3,5-6,15-16,19-20H,4,7-13,22H2,1H3/t15?,16?,19-,20-/m0/s1. The Balaban J connectivity index is 1.50. The summed E-state index contributed by atoms with van der Waals surface area (Å²) in [5.41, 5.74) is 7.51. The molecule has 5 heteroatoms. The molecule has 0 spiro atoms. The molecule has 1 saturated heterocycles. The van der Waals surface area contributed by atoms with Crippen molar-refractivity contribution in [1.29, 1.82) is 0 Å². The average molecular weight is 365 g/mol. The van der Waals surface area contributed by atoms with E-state index >= 15 is 0 Å². The molecule has 0 unspecified atom stereocenters. The second kappa shape index (κ2) is 8.52. The average Bonchev–Trinajstić information content (AvgIpc) is 2.61.